The number of aromatic nitrogens is 3. The lowest BCUT2D eigenvalue weighted by atomic mass is 10.0. The summed E-state index contributed by atoms with van der Waals surface area (Å²) in [5.41, 5.74) is 1.78. The van der Waals surface area contributed by atoms with E-state index < -0.39 is 0 Å². The number of hydrogen-bond donors (Lipinski definition) is 2. The van der Waals surface area contributed by atoms with Gasteiger partial charge in [0.2, 0.25) is 0 Å². The third kappa shape index (κ3) is 4.64. The van der Waals surface area contributed by atoms with E-state index in [1.807, 2.05) is 34.9 Å². The van der Waals surface area contributed by atoms with E-state index in [1.165, 1.54) is 6.07 Å². The summed E-state index contributed by atoms with van der Waals surface area (Å²) in [5.74, 6) is 1.49. The van der Waals surface area contributed by atoms with E-state index in [0.717, 1.165) is 55.5 Å². The number of fused-ring (bicyclic) bond motifs is 1. The molecule has 1 unspecified atom stereocenters. The lowest BCUT2D eigenvalue weighted by molar-refractivity contribution is 0.467. The number of benzene rings is 1. The van der Waals surface area contributed by atoms with E-state index in [-0.39, 0.29) is 11.9 Å². The van der Waals surface area contributed by atoms with Gasteiger partial charge >= 0.3 is 0 Å². The molecule has 2 aromatic heterocycles. The molecular formula is C21H26FN7. The predicted octanol–water partition coefficient (Wildman–Crippen LogP) is 2.24. The van der Waals surface area contributed by atoms with Crippen molar-refractivity contribution >= 4 is 17.3 Å². The zero-order valence-electron chi connectivity index (χ0n) is 16.6. The highest BCUT2D eigenvalue weighted by molar-refractivity contribution is 5.80. The van der Waals surface area contributed by atoms with Gasteiger partial charge < -0.3 is 15.5 Å². The summed E-state index contributed by atoms with van der Waals surface area (Å²) in [5, 5.41) is 15.3. The van der Waals surface area contributed by atoms with Gasteiger partial charge in [0.15, 0.2) is 11.6 Å². The Morgan fingerprint density at radius 3 is 3.03 bits per heavy atom. The van der Waals surface area contributed by atoms with E-state index >= 15 is 0 Å². The van der Waals surface area contributed by atoms with Crippen molar-refractivity contribution in [3.8, 4) is 0 Å². The number of anilines is 1. The minimum absolute atomic E-state index is 0.198. The molecule has 0 aliphatic carbocycles. The summed E-state index contributed by atoms with van der Waals surface area (Å²) in [6, 6.07) is 12.9. The zero-order chi connectivity index (χ0) is 20.1. The molecule has 152 valence electrons. The maximum Gasteiger partial charge on any atom is 0.191 e. The first-order valence-corrected chi connectivity index (χ1v) is 9.99. The highest BCUT2D eigenvalue weighted by atomic mass is 19.1. The molecule has 4 rings (SSSR count). The second kappa shape index (κ2) is 8.89. The van der Waals surface area contributed by atoms with Crippen LogP contribution in [0.1, 0.15) is 18.7 Å². The molecule has 3 heterocycles. The van der Waals surface area contributed by atoms with Crippen LogP contribution in [0.3, 0.4) is 0 Å². The van der Waals surface area contributed by atoms with E-state index in [2.05, 4.69) is 30.7 Å². The molecule has 0 bridgehead atoms. The van der Waals surface area contributed by atoms with Crippen molar-refractivity contribution in [2.45, 2.75) is 25.3 Å². The number of guanidine groups is 1. The lowest BCUT2D eigenvalue weighted by Crippen LogP contribution is -2.51. The van der Waals surface area contributed by atoms with Gasteiger partial charge in [-0.15, -0.1) is 10.2 Å². The highest BCUT2D eigenvalue weighted by Gasteiger charge is 2.21. The second-order valence-corrected chi connectivity index (χ2v) is 7.20. The normalized spacial score (nSPS) is 17.5. The molecule has 1 aromatic carbocycles. The number of nitrogens with one attached hydrogen (secondary N) is 2. The molecule has 2 N–H and O–H groups in total. The van der Waals surface area contributed by atoms with Crippen molar-refractivity contribution in [2.24, 2.45) is 4.99 Å². The summed E-state index contributed by atoms with van der Waals surface area (Å²) in [7, 11) is 1.77. The predicted molar refractivity (Wildman–Crippen MR) is 113 cm³/mol. The Kier molecular flexibility index (Phi) is 5.88. The van der Waals surface area contributed by atoms with Crippen LogP contribution in [0.2, 0.25) is 0 Å². The smallest absolute Gasteiger partial charge is 0.191 e. The Labute approximate surface area is 169 Å². The van der Waals surface area contributed by atoms with Crippen LogP contribution in [0.4, 0.5) is 10.1 Å². The summed E-state index contributed by atoms with van der Waals surface area (Å²) >= 11 is 0. The van der Waals surface area contributed by atoms with Gasteiger partial charge in [0, 0.05) is 51.0 Å². The fourth-order valence-electron chi connectivity index (χ4n) is 3.74. The topological polar surface area (TPSA) is 69.8 Å². The number of piperidine rings is 1. The summed E-state index contributed by atoms with van der Waals surface area (Å²) in [6.07, 6.45) is 4.82. The second-order valence-electron chi connectivity index (χ2n) is 7.20. The monoisotopic (exact) mass is 395 g/mol. The van der Waals surface area contributed by atoms with Crippen molar-refractivity contribution in [3.05, 3.63) is 60.3 Å². The first kappa shape index (κ1) is 19.2. The largest absolute Gasteiger partial charge is 0.369 e. The molecule has 1 atom stereocenters. The van der Waals surface area contributed by atoms with Crippen molar-refractivity contribution in [2.75, 3.05) is 31.6 Å². The number of pyridine rings is 1. The SMILES string of the molecule is CN=C(NCCc1nnc2ccccn12)NC1CCCN(c2cccc(F)c2)C1. The van der Waals surface area contributed by atoms with Gasteiger partial charge in [-0.1, -0.05) is 12.1 Å². The van der Waals surface area contributed by atoms with Gasteiger partial charge in [0.05, 0.1) is 0 Å². The Hall–Kier alpha value is -3.16. The first-order valence-electron chi connectivity index (χ1n) is 9.99. The van der Waals surface area contributed by atoms with E-state index in [4.69, 9.17) is 0 Å². The minimum Gasteiger partial charge on any atom is -0.369 e. The molecule has 29 heavy (non-hydrogen) atoms. The Morgan fingerprint density at radius 2 is 2.17 bits per heavy atom. The van der Waals surface area contributed by atoms with E-state index in [0.29, 0.717) is 6.54 Å². The molecule has 7 nitrogen and oxygen atoms in total. The van der Waals surface area contributed by atoms with Crippen molar-refractivity contribution in [1.29, 1.82) is 0 Å². The van der Waals surface area contributed by atoms with Gasteiger partial charge in [-0.2, -0.15) is 0 Å². The zero-order valence-corrected chi connectivity index (χ0v) is 16.6. The van der Waals surface area contributed by atoms with Crippen LogP contribution >= 0.6 is 0 Å². The molecule has 1 aliphatic rings. The Balaban J connectivity index is 1.30. The first-order chi connectivity index (χ1) is 14.2. The van der Waals surface area contributed by atoms with Crippen LogP contribution in [-0.4, -0.2) is 53.3 Å². The Bertz CT molecular complexity index is 984. The average molecular weight is 395 g/mol. The maximum absolute atomic E-state index is 13.6. The van der Waals surface area contributed by atoms with Crippen molar-refractivity contribution in [1.82, 2.24) is 25.2 Å². The summed E-state index contributed by atoms with van der Waals surface area (Å²) < 4.78 is 15.6. The molecule has 1 aliphatic heterocycles. The molecule has 3 aromatic rings. The van der Waals surface area contributed by atoms with Crippen molar-refractivity contribution < 1.29 is 4.39 Å². The third-order valence-corrected chi connectivity index (χ3v) is 5.18. The average Bonchev–Trinajstić information content (AvgIpc) is 3.16. The minimum atomic E-state index is -0.198. The number of nitrogens with zero attached hydrogens (tertiary/aromatic N) is 5. The van der Waals surface area contributed by atoms with Gasteiger partial charge in [-0.05, 0) is 43.2 Å². The van der Waals surface area contributed by atoms with Gasteiger partial charge in [-0.3, -0.25) is 9.39 Å². The summed E-state index contributed by atoms with van der Waals surface area (Å²) in [6.45, 7) is 2.46. The van der Waals surface area contributed by atoms with Crippen LogP contribution in [0.25, 0.3) is 5.65 Å². The molecule has 0 radical (unpaired) electrons. The van der Waals surface area contributed by atoms with Crippen LogP contribution < -0.4 is 15.5 Å². The standard InChI is InChI=1S/C21H26FN7/c1-23-21(24-11-10-20-27-26-19-9-2-3-13-29(19)20)25-17-7-5-12-28(15-17)18-8-4-6-16(22)14-18/h2-4,6,8-9,13-14,17H,5,7,10-12,15H2,1H3,(H2,23,24,25). The number of aliphatic imine (C=N–C) groups is 1. The van der Waals surface area contributed by atoms with Crippen LogP contribution in [-0.2, 0) is 6.42 Å². The van der Waals surface area contributed by atoms with E-state index in [9.17, 15) is 4.39 Å². The molecule has 0 amide bonds. The quantitative estimate of drug-likeness (QED) is 0.512. The number of hydrogen-bond acceptors (Lipinski definition) is 4. The maximum atomic E-state index is 13.6. The van der Waals surface area contributed by atoms with Gasteiger partial charge in [0.25, 0.3) is 0 Å². The number of halogens is 1. The number of rotatable bonds is 5. The molecule has 0 spiro atoms. The lowest BCUT2D eigenvalue weighted by Gasteiger charge is -2.35. The fraction of sp³-hybridized carbons (Fsp3) is 0.381. The molecule has 1 saturated heterocycles. The summed E-state index contributed by atoms with van der Waals surface area (Å²) in [4.78, 5) is 6.57. The highest BCUT2D eigenvalue weighted by Crippen LogP contribution is 2.20. The van der Waals surface area contributed by atoms with Gasteiger partial charge in [-0.25, -0.2) is 4.39 Å². The van der Waals surface area contributed by atoms with Crippen LogP contribution in [0.15, 0.2) is 53.7 Å². The van der Waals surface area contributed by atoms with Crippen molar-refractivity contribution in [3.63, 3.8) is 0 Å². The van der Waals surface area contributed by atoms with Gasteiger partial charge in [0.1, 0.15) is 11.6 Å². The molecular weight excluding hydrogens is 369 g/mol. The fourth-order valence-corrected chi connectivity index (χ4v) is 3.74. The van der Waals surface area contributed by atoms with Crippen LogP contribution in [0, 0.1) is 5.82 Å². The molecule has 1 fully saturated rings. The molecule has 0 saturated carbocycles. The molecule has 8 heteroatoms. The Morgan fingerprint density at radius 1 is 1.24 bits per heavy atom. The third-order valence-electron chi connectivity index (χ3n) is 5.18. The van der Waals surface area contributed by atoms with E-state index in [1.54, 1.807) is 19.2 Å². The van der Waals surface area contributed by atoms with Crippen LogP contribution in [0.5, 0.6) is 0 Å².